The average Bonchev–Trinajstić information content (AvgIpc) is 3.29. The number of carbonyl (C=O) groups excluding carboxylic acids is 1. The molecular formula is C19H18N8O2. The number of aromatic nitrogens is 6. The summed E-state index contributed by atoms with van der Waals surface area (Å²) in [5.74, 6) is 2.35. The van der Waals surface area contributed by atoms with Crippen molar-refractivity contribution in [2.45, 2.75) is 19.3 Å². The van der Waals surface area contributed by atoms with Crippen LogP contribution in [0.1, 0.15) is 24.4 Å². The minimum atomic E-state index is 0.00575. The maximum Gasteiger partial charge on any atom is 0.228 e. The summed E-state index contributed by atoms with van der Waals surface area (Å²) in [5.41, 5.74) is 1.42. The van der Waals surface area contributed by atoms with Crippen LogP contribution in [0.5, 0.6) is 0 Å². The van der Waals surface area contributed by atoms with Crippen LogP contribution in [-0.4, -0.2) is 43.1 Å². The predicted octanol–water partition coefficient (Wildman–Crippen LogP) is 2.38. The summed E-state index contributed by atoms with van der Waals surface area (Å²) in [6.45, 7) is 0. The number of rotatable bonds is 6. The lowest BCUT2D eigenvalue weighted by Crippen LogP contribution is -2.14. The minimum Gasteiger partial charge on any atom is -0.444 e. The molecular weight excluding hydrogens is 372 g/mol. The zero-order chi connectivity index (χ0) is 19.8. The third kappa shape index (κ3) is 3.40. The van der Waals surface area contributed by atoms with Crippen LogP contribution in [0.25, 0.3) is 22.2 Å². The van der Waals surface area contributed by atoms with Crippen molar-refractivity contribution in [3.8, 4) is 11.5 Å². The highest BCUT2D eigenvalue weighted by Gasteiger charge is 2.30. The molecule has 0 aliphatic heterocycles. The van der Waals surface area contributed by atoms with Crippen molar-refractivity contribution < 1.29 is 9.21 Å². The standard InChI is InChI=1S/C19H18N8O2/c1-20-17-13-6-21-15(26-18(28)10-2-3-10)5-12(13)14(7-22-17)19-25-11(8-29-19)4-16-23-9-24-27-16/h5-10H,2-4H2,1H3,(H,20,22)(H,21,26,28)(H,23,24,27). The summed E-state index contributed by atoms with van der Waals surface area (Å²) in [4.78, 5) is 29.6. The Morgan fingerprint density at radius 1 is 1.24 bits per heavy atom. The molecule has 0 radical (unpaired) electrons. The molecule has 10 heteroatoms. The first-order valence-electron chi connectivity index (χ1n) is 9.28. The van der Waals surface area contributed by atoms with Crippen LogP contribution in [0.15, 0.2) is 35.5 Å². The molecule has 1 aliphatic rings. The first-order chi connectivity index (χ1) is 14.2. The molecule has 4 aromatic rings. The highest BCUT2D eigenvalue weighted by atomic mass is 16.3. The van der Waals surface area contributed by atoms with Gasteiger partial charge in [-0.1, -0.05) is 0 Å². The van der Waals surface area contributed by atoms with Gasteiger partial charge in [0.2, 0.25) is 11.8 Å². The van der Waals surface area contributed by atoms with Crippen LogP contribution in [0.3, 0.4) is 0 Å². The molecule has 146 valence electrons. The van der Waals surface area contributed by atoms with E-state index in [2.05, 4.69) is 40.8 Å². The van der Waals surface area contributed by atoms with E-state index in [-0.39, 0.29) is 11.8 Å². The van der Waals surface area contributed by atoms with Gasteiger partial charge in [-0.25, -0.2) is 19.9 Å². The first kappa shape index (κ1) is 17.3. The molecule has 0 aromatic carbocycles. The Hall–Kier alpha value is -3.82. The number of H-pyrrole nitrogens is 1. The molecule has 0 atom stereocenters. The van der Waals surface area contributed by atoms with E-state index in [0.29, 0.717) is 41.0 Å². The van der Waals surface area contributed by atoms with Crippen LogP contribution in [0.4, 0.5) is 11.6 Å². The molecule has 29 heavy (non-hydrogen) atoms. The van der Waals surface area contributed by atoms with Gasteiger partial charge in [-0.05, 0) is 18.9 Å². The molecule has 0 unspecified atom stereocenters. The monoisotopic (exact) mass is 390 g/mol. The fourth-order valence-corrected chi connectivity index (χ4v) is 3.14. The SMILES string of the molecule is CNc1ncc(-c2nc(Cc3nc[nH]n3)co2)c2cc(NC(=O)C3CC3)ncc12. The fourth-order valence-electron chi connectivity index (χ4n) is 3.14. The van der Waals surface area contributed by atoms with Gasteiger partial charge < -0.3 is 15.1 Å². The minimum absolute atomic E-state index is 0.00575. The average molecular weight is 390 g/mol. The number of aromatic amines is 1. The summed E-state index contributed by atoms with van der Waals surface area (Å²) in [7, 11) is 1.80. The van der Waals surface area contributed by atoms with Gasteiger partial charge in [-0.3, -0.25) is 9.89 Å². The maximum absolute atomic E-state index is 12.1. The summed E-state index contributed by atoms with van der Waals surface area (Å²) in [5, 5.41) is 14.3. The summed E-state index contributed by atoms with van der Waals surface area (Å²) in [6, 6.07) is 1.83. The Labute approximate surface area is 165 Å². The van der Waals surface area contributed by atoms with Gasteiger partial charge in [0.1, 0.15) is 24.2 Å². The molecule has 4 aromatic heterocycles. The second-order valence-electron chi connectivity index (χ2n) is 6.89. The Kier molecular flexibility index (Phi) is 4.15. The molecule has 3 N–H and O–H groups in total. The number of hydrogen-bond acceptors (Lipinski definition) is 8. The lowest BCUT2D eigenvalue weighted by atomic mass is 10.1. The third-order valence-corrected chi connectivity index (χ3v) is 4.79. The van der Waals surface area contributed by atoms with Gasteiger partial charge in [-0.15, -0.1) is 0 Å². The van der Waals surface area contributed by atoms with Gasteiger partial charge >= 0.3 is 0 Å². The first-order valence-corrected chi connectivity index (χ1v) is 9.28. The number of nitrogens with one attached hydrogen (secondary N) is 3. The van der Waals surface area contributed by atoms with E-state index in [4.69, 9.17) is 4.42 Å². The number of nitrogens with zero attached hydrogens (tertiary/aromatic N) is 5. The summed E-state index contributed by atoms with van der Waals surface area (Å²) < 4.78 is 5.71. The van der Waals surface area contributed by atoms with Crippen molar-refractivity contribution in [3.05, 3.63) is 42.6 Å². The smallest absolute Gasteiger partial charge is 0.228 e. The number of amides is 1. The Morgan fingerprint density at radius 2 is 2.14 bits per heavy atom. The lowest BCUT2D eigenvalue weighted by molar-refractivity contribution is -0.117. The van der Waals surface area contributed by atoms with Crippen LogP contribution < -0.4 is 10.6 Å². The third-order valence-electron chi connectivity index (χ3n) is 4.79. The molecule has 1 saturated carbocycles. The number of carbonyl (C=O) groups is 1. The molecule has 0 spiro atoms. The number of hydrogen-bond donors (Lipinski definition) is 3. The molecule has 10 nitrogen and oxygen atoms in total. The van der Waals surface area contributed by atoms with Gasteiger partial charge in [0, 0.05) is 36.1 Å². The zero-order valence-corrected chi connectivity index (χ0v) is 15.6. The highest BCUT2D eigenvalue weighted by molar-refractivity contribution is 6.02. The molecule has 1 fully saturated rings. The van der Waals surface area contributed by atoms with Crippen LogP contribution in [0.2, 0.25) is 0 Å². The number of fused-ring (bicyclic) bond motifs is 1. The summed E-state index contributed by atoms with van der Waals surface area (Å²) >= 11 is 0. The molecule has 0 bridgehead atoms. The van der Waals surface area contributed by atoms with Gasteiger partial charge in [-0.2, -0.15) is 5.10 Å². The summed E-state index contributed by atoms with van der Waals surface area (Å²) in [6.07, 6.45) is 8.82. The number of anilines is 2. The zero-order valence-electron chi connectivity index (χ0n) is 15.6. The molecule has 4 heterocycles. The second kappa shape index (κ2) is 6.97. The van der Waals surface area contributed by atoms with E-state index >= 15 is 0 Å². The van der Waals surface area contributed by atoms with Crippen molar-refractivity contribution in [1.29, 1.82) is 0 Å². The van der Waals surface area contributed by atoms with E-state index in [1.54, 1.807) is 25.7 Å². The molecule has 0 saturated heterocycles. The lowest BCUT2D eigenvalue weighted by Gasteiger charge is -2.10. The van der Waals surface area contributed by atoms with E-state index < -0.39 is 0 Å². The Balaban J connectivity index is 1.53. The van der Waals surface area contributed by atoms with Gasteiger partial charge in [0.15, 0.2) is 5.82 Å². The van der Waals surface area contributed by atoms with Crippen molar-refractivity contribution in [2.75, 3.05) is 17.7 Å². The van der Waals surface area contributed by atoms with Crippen LogP contribution >= 0.6 is 0 Å². The second-order valence-corrected chi connectivity index (χ2v) is 6.89. The van der Waals surface area contributed by atoms with Crippen molar-refractivity contribution in [1.82, 2.24) is 30.1 Å². The normalized spacial score (nSPS) is 13.6. The van der Waals surface area contributed by atoms with E-state index in [9.17, 15) is 4.79 Å². The Morgan fingerprint density at radius 3 is 2.90 bits per heavy atom. The molecule has 5 rings (SSSR count). The topological polar surface area (TPSA) is 135 Å². The highest BCUT2D eigenvalue weighted by Crippen LogP contribution is 2.33. The fraction of sp³-hybridized carbons (Fsp3) is 0.263. The molecule has 1 aliphatic carbocycles. The van der Waals surface area contributed by atoms with Gasteiger partial charge in [0.25, 0.3) is 0 Å². The quantitative estimate of drug-likeness (QED) is 0.457. The van der Waals surface area contributed by atoms with Crippen molar-refractivity contribution >= 4 is 28.3 Å². The number of pyridine rings is 2. The molecule has 1 amide bonds. The predicted molar refractivity (Wildman–Crippen MR) is 105 cm³/mol. The maximum atomic E-state index is 12.1. The van der Waals surface area contributed by atoms with E-state index in [0.717, 1.165) is 23.6 Å². The van der Waals surface area contributed by atoms with Crippen molar-refractivity contribution in [3.63, 3.8) is 0 Å². The largest absolute Gasteiger partial charge is 0.444 e. The van der Waals surface area contributed by atoms with Crippen LogP contribution in [-0.2, 0) is 11.2 Å². The van der Waals surface area contributed by atoms with Gasteiger partial charge in [0.05, 0.1) is 17.7 Å². The van der Waals surface area contributed by atoms with Crippen molar-refractivity contribution in [2.24, 2.45) is 5.92 Å². The van der Waals surface area contributed by atoms with E-state index in [1.807, 2.05) is 6.07 Å². The Bertz CT molecular complexity index is 1180. The van der Waals surface area contributed by atoms with E-state index in [1.165, 1.54) is 6.33 Å². The van der Waals surface area contributed by atoms with Crippen LogP contribution in [0, 0.1) is 5.92 Å². The number of oxazole rings is 1.